The van der Waals surface area contributed by atoms with Crippen LogP contribution in [0.3, 0.4) is 0 Å². The Morgan fingerprint density at radius 3 is 2.40 bits per heavy atom. The second kappa shape index (κ2) is 7.44. The third-order valence-electron chi connectivity index (χ3n) is 4.34. The van der Waals surface area contributed by atoms with Crippen LogP contribution in [0.2, 0.25) is 0 Å². The number of carbonyl (C=O) groups excluding carboxylic acids is 1. The second-order valence-corrected chi connectivity index (χ2v) is 5.58. The highest BCUT2D eigenvalue weighted by molar-refractivity contribution is 5.79. The predicted molar refractivity (Wildman–Crippen MR) is 82.3 cm³/mol. The highest BCUT2D eigenvalue weighted by Crippen LogP contribution is 2.26. The SMILES string of the molecule is CCN(CC)Cc1ccccc1CNC(=O)C1CCC1. The molecular weight excluding hydrogens is 248 g/mol. The summed E-state index contributed by atoms with van der Waals surface area (Å²) >= 11 is 0. The molecule has 1 aliphatic carbocycles. The summed E-state index contributed by atoms with van der Waals surface area (Å²) in [6.07, 6.45) is 3.33. The number of benzene rings is 1. The number of rotatable bonds is 7. The highest BCUT2D eigenvalue weighted by Gasteiger charge is 2.24. The smallest absolute Gasteiger partial charge is 0.223 e. The van der Waals surface area contributed by atoms with Crippen molar-refractivity contribution < 1.29 is 4.79 Å². The molecule has 1 aliphatic rings. The molecule has 1 fully saturated rings. The number of amides is 1. The molecule has 0 heterocycles. The third-order valence-corrected chi connectivity index (χ3v) is 4.34. The Labute approximate surface area is 122 Å². The van der Waals surface area contributed by atoms with Crippen molar-refractivity contribution in [3.63, 3.8) is 0 Å². The van der Waals surface area contributed by atoms with Gasteiger partial charge in [0.2, 0.25) is 5.91 Å². The van der Waals surface area contributed by atoms with Crippen molar-refractivity contribution in [2.45, 2.75) is 46.2 Å². The van der Waals surface area contributed by atoms with E-state index >= 15 is 0 Å². The first-order valence-electron chi connectivity index (χ1n) is 7.81. The number of nitrogens with zero attached hydrogens (tertiary/aromatic N) is 1. The molecule has 1 N–H and O–H groups in total. The predicted octanol–water partition coefficient (Wildman–Crippen LogP) is 2.94. The molecule has 0 bridgehead atoms. The van der Waals surface area contributed by atoms with E-state index < -0.39 is 0 Å². The van der Waals surface area contributed by atoms with E-state index in [0.717, 1.165) is 32.5 Å². The zero-order chi connectivity index (χ0) is 14.4. The lowest BCUT2D eigenvalue weighted by molar-refractivity contribution is -0.127. The lowest BCUT2D eigenvalue weighted by atomic mass is 9.85. The van der Waals surface area contributed by atoms with Crippen molar-refractivity contribution in [2.24, 2.45) is 5.92 Å². The van der Waals surface area contributed by atoms with Crippen molar-refractivity contribution in [1.29, 1.82) is 0 Å². The zero-order valence-corrected chi connectivity index (χ0v) is 12.7. The van der Waals surface area contributed by atoms with Crippen LogP contribution in [0.1, 0.15) is 44.2 Å². The summed E-state index contributed by atoms with van der Waals surface area (Å²) in [6.45, 7) is 8.10. The maximum atomic E-state index is 11.9. The molecule has 20 heavy (non-hydrogen) atoms. The van der Waals surface area contributed by atoms with Crippen molar-refractivity contribution in [1.82, 2.24) is 10.2 Å². The number of hydrogen-bond acceptors (Lipinski definition) is 2. The van der Waals surface area contributed by atoms with E-state index in [4.69, 9.17) is 0 Å². The van der Waals surface area contributed by atoms with Crippen molar-refractivity contribution in [3.8, 4) is 0 Å². The second-order valence-electron chi connectivity index (χ2n) is 5.58. The van der Waals surface area contributed by atoms with E-state index in [1.54, 1.807) is 0 Å². The normalized spacial score (nSPS) is 15.2. The standard InChI is InChI=1S/C17H26N2O/c1-3-19(4-2)13-16-9-6-5-8-15(16)12-18-17(20)14-10-7-11-14/h5-6,8-9,14H,3-4,7,10-13H2,1-2H3,(H,18,20). The van der Waals surface area contributed by atoms with Crippen LogP contribution >= 0.6 is 0 Å². The summed E-state index contributed by atoms with van der Waals surface area (Å²) in [5.74, 6) is 0.499. The Morgan fingerprint density at radius 1 is 1.20 bits per heavy atom. The van der Waals surface area contributed by atoms with Gasteiger partial charge in [-0.05, 0) is 37.1 Å². The Morgan fingerprint density at radius 2 is 1.85 bits per heavy atom. The molecule has 1 aromatic rings. The van der Waals surface area contributed by atoms with Gasteiger partial charge in [-0.3, -0.25) is 9.69 Å². The molecule has 0 radical (unpaired) electrons. The third kappa shape index (κ3) is 3.83. The molecule has 2 rings (SSSR count). The maximum Gasteiger partial charge on any atom is 0.223 e. The first kappa shape index (κ1) is 15.0. The molecule has 3 heteroatoms. The zero-order valence-electron chi connectivity index (χ0n) is 12.7. The Kier molecular flexibility index (Phi) is 5.60. The van der Waals surface area contributed by atoms with Gasteiger partial charge in [0.05, 0.1) is 0 Å². The van der Waals surface area contributed by atoms with Crippen LogP contribution < -0.4 is 5.32 Å². The Hall–Kier alpha value is -1.35. The molecule has 1 aromatic carbocycles. The Bertz CT molecular complexity index is 436. The van der Waals surface area contributed by atoms with E-state index in [9.17, 15) is 4.79 Å². The van der Waals surface area contributed by atoms with Crippen molar-refractivity contribution >= 4 is 5.91 Å². The molecule has 0 aliphatic heterocycles. The van der Waals surface area contributed by atoms with E-state index in [1.165, 1.54) is 17.5 Å². The topological polar surface area (TPSA) is 32.3 Å². The van der Waals surface area contributed by atoms with E-state index in [2.05, 4.69) is 48.3 Å². The largest absolute Gasteiger partial charge is 0.352 e. The van der Waals surface area contributed by atoms with Gasteiger partial charge in [-0.2, -0.15) is 0 Å². The molecule has 1 amide bonds. The molecule has 0 aromatic heterocycles. The van der Waals surface area contributed by atoms with Crippen LogP contribution in [0.15, 0.2) is 24.3 Å². The number of hydrogen-bond donors (Lipinski definition) is 1. The molecule has 3 nitrogen and oxygen atoms in total. The van der Waals surface area contributed by atoms with Crippen LogP contribution in [0.25, 0.3) is 0 Å². The van der Waals surface area contributed by atoms with E-state index in [1.807, 2.05) is 0 Å². The summed E-state index contributed by atoms with van der Waals surface area (Å²) in [7, 11) is 0. The van der Waals surface area contributed by atoms with Crippen LogP contribution in [0, 0.1) is 5.92 Å². The highest BCUT2D eigenvalue weighted by atomic mass is 16.1. The minimum Gasteiger partial charge on any atom is -0.352 e. The fourth-order valence-electron chi connectivity index (χ4n) is 2.57. The summed E-state index contributed by atoms with van der Waals surface area (Å²) in [5.41, 5.74) is 2.57. The summed E-state index contributed by atoms with van der Waals surface area (Å²) < 4.78 is 0. The average Bonchev–Trinajstić information content (AvgIpc) is 2.41. The quantitative estimate of drug-likeness (QED) is 0.829. The molecule has 0 saturated heterocycles. The van der Waals surface area contributed by atoms with Crippen LogP contribution in [-0.4, -0.2) is 23.9 Å². The van der Waals surface area contributed by atoms with Crippen molar-refractivity contribution in [3.05, 3.63) is 35.4 Å². The monoisotopic (exact) mass is 274 g/mol. The lowest BCUT2D eigenvalue weighted by Gasteiger charge is -2.25. The van der Waals surface area contributed by atoms with Crippen LogP contribution in [-0.2, 0) is 17.9 Å². The minimum atomic E-state index is 0.230. The molecule has 1 saturated carbocycles. The lowest BCUT2D eigenvalue weighted by Crippen LogP contribution is -2.34. The first-order chi connectivity index (χ1) is 9.74. The number of carbonyl (C=O) groups is 1. The molecule has 0 spiro atoms. The molecule has 0 atom stereocenters. The van der Waals surface area contributed by atoms with Gasteiger partial charge in [-0.1, -0.05) is 44.5 Å². The van der Waals surface area contributed by atoms with Crippen molar-refractivity contribution in [2.75, 3.05) is 13.1 Å². The van der Waals surface area contributed by atoms with Gasteiger partial charge in [0, 0.05) is 19.0 Å². The van der Waals surface area contributed by atoms with E-state index in [-0.39, 0.29) is 11.8 Å². The van der Waals surface area contributed by atoms with Gasteiger partial charge in [0.1, 0.15) is 0 Å². The van der Waals surface area contributed by atoms with E-state index in [0.29, 0.717) is 6.54 Å². The van der Waals surface area contributed by atoms with Crippen LogP contribution in [0.4, 0.5) is 0 Å². The Balaban J connectivity index is 1.94. The van der Waals surface area contributed by atoms with Gasteiger partial charge in [0.15, 0.2) is 0 Å². The maximum absolute atomic E-state index is 11.9. The molecule has 110 valence electrons. The van der Waals surface area contributed by atoms with Gasteiger partial charge < -0.3 is 5.32 Å². The average molecular weight is 274 g/mol. The number of nitrogens with one attached hydrogen (secondary N) is 1. The summed E-state index contributed by atoms with van der Waals surface area (Å²) in [4.78, 5) is 14.3. The van der Waals surface area contributed by atoms with Crippen LogP contribution in [0.5, 0.6) is 0 Å². The minimum absolute atomic E-state index is 0.230. The fourth-order valence-corrected chi connectivity index (χ4v) is 2.57. The fraction of sp³-hybridized carbons (Fsp3) is 0.588. The van der Waals surface area contributed by atoms with Gasteiger partial charge in [-0.15, -0.1) is 0 Å². The summed E-state index contributed by atoms with van der Waals surface area (Å²) in [5, 5.41) is 3.09. The molecular formula is C17H26N2O. The van der Waals surface area contributed by atoms with Gasteiger partial charge in [0.25, 0.3) is 0 Å². The van der Waals surface area contributed by atoms with Gasteiger partial charge in [-0.25, -0.2) is 0 Å². The molecule has 0 unspecified atom stereocenters. The van der Waals surface area contributed by atoms with Gasteiger partial charge >= 0.3 is 0 Å². The first-order valence-corrected chi connectivity index (χ1v) is 7.81. The summed E-state index contributed by atoms with van der Waals surface area (Å²) in [6, 6.07) is 8.43.